The molecule has 0 saturated heterocycles. The van der Waals surface area contributed by atoms with E-state index < -0.39 is 0 Å². The summed E-state index contributed by atoms with van der Waals surface area (Å²) in [4.78, 5) is 0. The molecule has 0 aliphatic heterocycles. The Balaban J connectivity index is -0.000000125. The first kappa shape index (κ1) is 15.9. The molecule has 0 spiro atoms. The minimum absolute atomic E-state index is 0. The standard InChI is InChI=1S/C5H11.H2O.O.Sn/c1-4-5(2)3;;;/h4H2,1-3H3;1H2;;/q;;-2;+3/p-1. The van der Waals surface area contributed by atoms with Crippen LogP contribution in [0, 0.1) is 0 Å². The van der Waals surface area contributed by atoms with E-state index in [0.717, 1.165) is 0 Å². The second-order valence-corrected chi connectivity index (χ2v) is 6.10. The molecule has 48 valence electrons. The third kappa shape index (κ3) is 15.9. The molecule has 0 rings (SSSR count). The van der Waals surface area contributed by atoms with Crippen LogP contribution in [-0.4, -0.2) is 28.0 Å². The molecule has 0 aromatic carbocycles. The van der Waals surface area contributed by atoms with Crippen LogP contribution in [0.5, 0.6) is 0 Å². The first-order valence-corrected chi connectivity index (χ1v) is 3.74. The van der Waals surface area contributed by atoms with Crippen LogP contribution in [0.15, 0.2) is 0 Å². The molecule has 2 nitrogen and oxygen atoms in total. The van der Waals surface area contributed by atoms with Crippen LogP contribution in [0.1, 0.15) is 27.2 Å². The molecule has 0 fully saturated rings. The van der Waals surface area contributed by atoms with Crippen molar-refractivity contribution in [1.29, 1.82) is 0 Å². The van der Waals surface area contributed by atoms with E-state index in [-0.39, 0.29) is 11.0 Å². The molecule has 0 aliphatic carbocycles. The van der Waals surface area contributed by atoms with Crippen molar-refractivity contribution in [2.45, 2.75) is 30.6 Å². The summed E-state index contributed by atoms with van der Waals surface area (Å²) < 4.78 is 0.632. The smallest absolute Gasteiger partial charge is 0.870 e. The monoisotopic (exact) mass is 224 g/mol. The van der Waals surface area contributed by atoms with E-state index in [0.29, 0.717) is 3.43 Å². The third-order valence-corrected chi connectivity index (χ3v) is 1.89. The van der Waals surface area contributed by atoms with Gasteiger partial charge in [0.05, 0.1) is 0 Å². The zero-order valence-electron chi connectivity index (χ0n) is 5.56. The van der Waals surface area contributed by atoms with Gasteiger partial charge in [0.15, 0.2) is 0 Å². The summed E-state index contributed by atoms with van der Waals surface area (Å²) in [5.41, 5.74) is 0. The molecule has 1 N–H and O–H groups in total. The Bertz CT molecular complexity index is 40.2. The van der Waals surface area contributed by atoms with Gasteiger partial charge < -0.3 is 11.0 Å². The minimum Gasteiger partial charge on any atom is -2.00 e. The molecular formula is C5H12O2Sn. The predicted octanol–water partition coefficient (Wildman–Crippen LogP) is 1.47. The maximum atomic E-state index is 2.28. The van der Waals surface area contributed by atoms with Crippen LogP contribution in [0.4, 0.5) is 0 Å². The van der Waals surface area contributed by atoms with Crippen LogP contribution in [-0.2, 0) is 5.48 Å². The topological polar surface area (TPSA) is 58.5 Å². The maximum absolute atomic E-state index is 2.28. The van der Waals surface area contributed by atoms with Gasteiger partial charge in [-0.15, -0.1) is 0 Å². The molecule has 0 saturated carbocycles. The largest absolute Gasteiger partial charge is 2.00 e. The average molecular weight is 223 g/mol. The number of hydrogen-bond acceptors (Lipinski definition) is 1. The summed E-state index contributed by atoms with van der Waals surface area (Å²) in [6.07, 6.45) is 1.31. The summed E-state index contributed by atoms with van der Waals surface area (Å²) in [7, 11) is 0. The molecule has 0 radical (unpaired) electrons. The molecule has 0 aromatic rings. The van der Waals surface area contributed by atoms with Crippen molar-refractivity contribution in [3.63, 3.8) is 0 Å². The van der Waals surface area contributed by atoms with Crippen LogP contribution in [0.3, 0.4) is 0 Å². The molecule has 0 aliphatic rings. The van der Waals surface area contributed by atoms with E-state index in [4.69, 9.17) is 0 Å². The molecule has 3 heteroatoms. The van der Waals surface area contributed by atoms with Gasteiger partial charge in [0.2, 0.25) is 0 Å². The van der Waals surface area contributed by atoms with Crippen LogP contribution < -0.4 is 0 Å². The van der Waals surface area contributed by atoms with Gasteiger partial charge in [-0.1, -0.05) is 0 Å². The Hall–Kier alpha value is 0.719. The molecule has 0 unspecified atom stereocenters. The van der Waals surface area contributed by atoms with Crippen LogP contribution in [0.2, 0.25) is 3.43 Å². The second kappa shape index (κ2) is 5.85. The van der Waals surface area contributed by atoms with Gasteiger partial charge in [0.1, 0.15) is 0 Å². The fraction of sp³-hybridized carbons (Fsp3) is 1.00. The molecule has 0 atom stereocenters. The molecule has 0 bridgehead atoms. The third-order valence-electron chi connectivity index (χ3n) is 0.884. The molecule has 0 heterocycles. The van der Waals surface area contributed by atoms with Crippen molar-refractivity contribution in [3.8, 4) is 0 Å². The summed E-state index contributed by atoms with van der Waals surface area (Å²) in [6.45, 7) is 6.80. The van der Waals surface area contributed by atoms with Gasteiger partial charge in [-0.3, -0.25) is 0 Å². The van der Waals surface area contributed by atoms with Crippen molar-refractivity contribution in [2.75, 3.05) is 0 Å². The Morgan fingerprint density at radius 2 is 1.50 bits per heavy atom. The molecular weight excluding hydrogens is 211 g/mol. The quantitative estimate of drug-likeness (QED) is 0.620. The van der Waals surface area contributed by atoms with Crippen molar-refractivity contribution in [1.82, 2.24) is 0 Å². The van der Waals surface area contributed by atoms with Crippen molar-refractivity contribution >= 4 is 22.5 Å². The fourth-order valence-corrected chi connectivity index (χ4v) is 0. The van der Waals surface area contributed by atoms with E-state index in [2.05, 4.69) is 20.8 Å². The van der Waals surface area contributed by atoms with E-state index in [1.165, 1.54) is 6.42 Å². The van der Waals surface area contributed by atoms with Gasteiger partial charge in [0, 0.05) is 0 Å². The van der Waals surface area contributed by atoms with Gasteiger partial charge >= 0.3 is 53.1 Å². The van der Waals surface area contributed by atoms with Gasteiger partial charge in [-0.25, -0.2) is 0 Å². The van der Waals surface area contributed by atoms with Gasteiger partial charge in [-0.05, 0) is 0 Å². The van der Waals surface area contributed by atoms with Crippen molar-refractivity contribution in [2.24, 2.45) is 0 Å². The van der Waals surface area contributed by atoms with E-state index in [9.17, 15) is 0 Å². The fourth-order valence-electron chi connectivity index (χ4n) is 0. The summed E-state index contributed by atoms with van der Waals surface area (Å²) in [5, 5.41) is 0. The normalized spacial score (nSPS) is 9.12. The second-order valence-electron chi connectivity index (χ2n) is 2.24. The zero-order valence-corrected chi connectivity index (χ0v) is 8.42. The van der Waals surface area contributed by atoms with Crippen molar-refractivity contribution < 1.29 is 11.0 Å². The Labute approximate surface area is 64.4 Å². The van der Waals surface area contributed by atoms with Crippen LogP contribution >= 0.6 is 0 Å². The molecule has 0 amide bonds. The zero-order chi connectivity index (χ0) is 5.21. The maximum Gasteiger partial charge on any atom is -0.870 e. The summed E-state index contributed by atoms with van der Waals surface area (Å²) in [6, 6.07) is 0. The van der Waals surface area contributed by atoms with E-state index in [1.807, 2.05) is 0 Å². The first-order chi connectivity index (χ1) is 2.56. The number of hydrogen-bond donors (Lipinski definition) is 0. The van der Waals surface area contributed by atoms with Crippen molar-refractivity contribution in [3.05, 3.63) is 0 Å². The Morgan fingerprint density at radius 1 is 1.38 bits per heavy atom. The van der Waals surface area contributed by atoms with Gasteiger partial charge in [0.25, 0.3) is 0 Å². The first-order valence-electron chi connectivity index (χ1n) is 2.31. The Morgan fingerprint density at radius 3 is 1.50 bits per heavy atom. The summed E-state index contributed by atoms with van der Waals surface area (Å²) >= 11 is 1.65. The van der Waals surface area contributed by atoms with Gasteiger partial charge in [-0.2, -0.15) is 0 Å². The Kier molecular flexibility index (Phi) is 11.6. The van der Waals surface area contributed by atoms with Crippen LogP contribution in [0.25, 0.3) is 0 Å². The molecule has 8 heavy (non-hydrogen) atoms. The predicted molar refractivity (Wildman–Crippen MR) is 32.7 cm³/mol. The van der Waals surface area contributed by atoms with E-state index in [1.54, 1.807) is 22.5 Å². The number of rotatable bonds is 1. The average Bonchev–Trinajstić information content (AvgIpc) is 1.35. The van der Waals surface area contributed by atoms with E-state index >= 15 is 0 Å². The summed E-state index contributed by atoms with van der Waals surface area (Å²) in [5.74, 6) is 0. The SMILES string of the molecule is CC[C](C)(C)[Sn+3].[O-2].[OH-]. The molecule has 0 aromatic heterocycles. The minimum atomic E-state index is 0.